The average Bonchev–Trinajstić information content (AvgIpc) is 3.38. The van der Waals surface area contributed by atoms with Crippen molar-refractivity contribution in [3.8, 4) is 0 Å². The first kappa shape index (κ1) is 19.7. The Morgan fingerprint density at radius 1 is 1.03 bits per heavy atom. The Hall–Kier alpha value is -3.00. The van der Waals surface area contributed by atoms with Gasteiger partial charge in [0, 0.05) is 17.3 Å². The van der Waals surface area contributed by atoms with Crippen LogP contribution in [0.3, 0.4) is 0 Å². The average molecular weight is 431 g/mol. The summed E-state index contributed by atoms with van der Waals surface area (Å²) in [5.74, 6) is 0.685. The van der Waals surface area contributed by atoms with Crippen molar-refractivity contribution >= 4 is 23.4 Å². The van der Waals surface area contributed by atoms with E-state index in [1.54, 1.807) is 6.34 Å². The summed E-state index contributed by atoms with van der Waals surface area (Å²) in [7, 11) is 0. The minimum atomic E-state index is -0.937. The SMILES string of the molecule is OC[C@@]12C[C@@H]1[C@@H](N1C=C(c3ccccc3)C3C(Nc4ccccc4)=NC=NC31)C(O)C2O. The molecule has 32 heavy (non-hydrogen) atoms. The summed E-state index contributed by atoms with van der Waals surface area (Å²) in [6.45, 7) is -0.116. The lowest BCUT2D eigenvalue weighted by Crippen LogP contribution is -2.49. The van der Waals surface area contributed by atoms with E-state index in [2.05, 4.69) is 33.5 Å². The number of anilines is 1. The Kier molecular flexibility index (Phi) is 4.47. The second kappa shape index (κ2) is 7.27. The second-order valence-electron chi connectivity index (χ2n) is 9.19. The van der Waals surface area contributed by atoms with Crippen molar-refractivity contribution < 1.29 is 15.3 Å². The number of aliphatic hydroxyl groups is 3. The fourth-order valence-electron chi connectivity index (χ4n) is 5.85. The number of amidine groups is 1. The lowest BCUT2D eigenvalue weighted by molar-refractivity contribution is -0.0411. The number of hydrogen-bond donors (Lipinski definition) is 4. The van der Waals surface area contributed by atoms with Gasteiger partial charge in [0.05, 0.1) is 24.7 Å². The van der Waals surface area contributed by atoms with Gasteiger partial charge in [0.15, 0.2) is 0 Å². The highest BCUT2D eigenvalue weighted by Gasteiger charge is 2.72. The fraction of sp³-hybridized carbons (Fsp3) is 0.360. The number of aliphatic imine (C=N–C) groups is 2. The van der Waals surface area contributed by atoms with Crippen LogP contribution in [0, 0.1) is 17.3 Å². The maximum absolute atomic E-state index is 10.9. The van der Waals surface area contributed by atoms with Gasteiger partial charge in [-0.1, -0.05) is 48.5 Å². The first-order valence-corrected chi connectivity index (χ1v) is 11.1. The van der Waals surface area contributed by atoms with E-state index in [-0.39, 0.29) is 30.7 Å². The van der Waals surface area contributed by atoms with Gasteiger partial charge in [0.2, 0.25) is 0 Å². The molecule has 2 aliphatic carbocycles. The molecule has 4 N–H and O–H groups in total. The molecule has 7 nitrogen and oxygen atoms in total. The molecule has 2 aromatic rings. The summed E-state index contributed by atoms with van der Waals surface area (Å²) in [4.78, 5) is 11.4. The van der Waals surface area contributed by atoms with Crippen molar-refractivity contribution in [2.45, 2.75) is 30.8 Å². The third-order valence-corrected chi connectivity index (χ3v) is 7.58. The highest BCUT2D eigenvalue weighted by molar-refractivity contribution is 6.09. The molecule has 0 bridgehead atoms. The maximum Gasteiger partial charge on any atom is 0.136 e. The van der Waals surface area contributed by atoms with Crippen molar-refractivity contribution in [3.05, 3.63) is 72.4 Å². The summed E-state index contributed by atoms with van der Waals surface area (Å²) in [6, 6.07) is 19.8. The number of rotatable bonds is 4. The van der Waals surface area contributed by atoms with Gasteiger partial charge in [-0.3, -0.25) is 0 Å². The van der Waals surface area contributed by atoms with Crippen LogP contribution in [0.5, 0.6) is 0 Å². The van der Waals surface area contributed by atoms with Crippen molar-refractivity contribution in [3.63, 3.8) is 0 Å². The quantitative estimate of drug-likeness (QED) is 0.594. The molecule has 0 amide bonds. The molecule has 7 heteroatoms. The van der Waals surface area contributed by atoms with E-state index in [1.165, 1.54) is 0 Å². The third kappa shape index (κ3) is 2.78. The van der Waals surface area contributed by atoms with Crippen LogP contribution in [-0.2, 0) is 0 Å². The molecular weight excluding hydrogens is 404 g/mol. The van der Waals surface area contributed by atoms with Gasteiger partial charge in [0.25, 0.3) is 0 Å². The monoisotopic (exact) mass is 430 g/mol. The van der Waals surface area contributed by atoms with E-state index in [9.17, 15) is 15.3 Å². The zero-order chi connectivity index (χ0) is 21.9. The van der Waals surface area contributed by atoms with Gasteiger partial charge < -0.3 is 25.5 Å². The topological polar surface area (TPSA) is 101 Å². The fourth-order valence-corrected chi connectivity index (χ4v) is 5.85. The van der Waals surface area contributed by atoms with Crippen LogP contribution < -0.4 is 5.32 Å². The molecule has 6 rings (SSSR count). The zero-order valence-electron chi connectivity index (χ0n) is 17.5. The summed E-state index contributed by atoms with van der Waals surface area (Å²) in [5.41, 5.74) is 2.49. The molecule has 2 aromatic carbocycles. The standard InChI is InChI=1S/C25H26N4O3/c30-13-25-11-18(25)20(21(31)22(25)32)29-12-17(15-7-3-1-4-8-15)19-23(26-14-27-24(19)29)28-16-9-5-2-6-10-16/h1-10,12,14,18-22,24,30-32H,11,13H2,(H,26,27,28)/t18-,19?,20-,21?,22?,24?,25+/m1/s1. The molecule has 4 unspecified atom stereocenters. The molecular formula is C25H26N4O3. The predicted octanol–water partition coefficient (Wildman–Crippen LogP) is 1.94. The van der Waals surface area contributed by atoms with Crippen LogP contribution in [0.4, 0.5) is 5.69 Å². The molecule has 4 aliphatic rings. The molecule has 0 saturated heterocycles. The van der Waals surface area contributed by atoms with Crippen molar-refractivity contribution in [1.29, 1.82) is 0 Å². The van der Waals surface area contributed by atoms with Crippen LogP contribution in [-0.4, -0.2) is 63.4 Å². The molecule has 0 aromatic heterocycles. The minimum Gasteiger partial charge on any atom is -0.396 e. The molecule has 2 aliphatic heterocycles. The summed E-state index contributed by atoms with van der Waals surface area (Å²) in [5, 5.41) is 35.0. The van der Waals surface area contributed by atoms with Gasteiger partial charge in [-0.15, -0.1) is 0 Å². The van der Waals surface area contributed by atoms with Gasteiger partial charge in [-0.25, -0.2) is 9.98 Å². The van der Waals surface area contributed by atoms with E-state index in [4.69, 9.17) is 4.99 Å². The number of fused-ring (bicyclic) bond motifs is 2. The normalized spacial score (nSPS) is 36.9. The molecule has 2 fully saturated rings. The highest BCUT2D eigenvalue weighted by Crippen LogP contribution is 2.65. The van der Waals surface area contributed by atoms with Gasteiger partial charge in [0.1, 0.15) is 24.4 Å². The minimum absolute atomic E-state index is 0.0316. The van der Waals surface area contributed by atoms with Crippen LogP contribution in [0.25, 0.3) is 5.57 Å². The predicted molar refractivity (Wildman–Crippen MR) is 123 cm³/mol. The second-order valence-corrected chi connectivity index (χ2v) is 9.19. The molecule has 7 atom stereocenters. The maximum atomic E-state index is 10.9. The van der Waals surface area contributed by atoms with Crippen molar-refractivity contribution in [2.75, 3.05) is 11.9 Å². The number of nitrogens with zero attached hydrogens (tertiary/aromatic N) is 3. The Morgan fingerprint density at radius 3 is 2.44 bits per heavy atom. The van der Waals surface area contributed by atoms with Crippen LogP contribution in [0.1, 0.15) is 12.0 Å². The number of hydrogen-bond acceptors (Lipinski definition) is 7. The molecule has 2 saturated carbocycles. The Balaban J connectivity index is 1.39. The van der Waals surface area contributed by atoms with E-state index in [0.717, 1.165) is 22.7 Å². The van der Waals surface area contributed by atoms with Crippen molar-refractivity contribution in [2.24, 2.45) is 27.2 Å². The number of nitrogens with one attached hydrogen (secondary N) is 1. The summed E-state index contributed by atoms with van der Waals surface area (Å²) in [6.07, 6.45) is 2.20. The van der Waals surface area contributed by atoms with E-state index in [0.29, 0.717) is 6.42 Å². The van der Waals surface area contributed by atoms with E-state index < -0.39 is 17.6 Å². The molecule has 0 radical (unpaired) electrons. The Bertz CT molecular complexity index is 1100. The van der Waals surface area contributed by atoms with E-state index in [1.807, 2.05) is 48.5 Å². The van der Waals surface area contributed by atoms with Crippen LogP contribution in [0.2, 0.25) is 0 Å². The first-order valence-electron chi connectivity index (χ1n) is 11.1. The van der Waals surface area contributed by atoms with E-state index >= 15 is 0 Å². The number of para-hydroxylation sites is 1. The van der Waals surface area contributed by atoms with Crippen LogP contribution in [0.15, 0.2) is 76.8 Å². The smallest absolute Gasteiger partial charge is 0.136 e. The molecule has 2 heterocycles. The van der Waals surface area contributed by atoms with Gasteiger partial charge in [-0.05, 0) is 35.6 Å². The zero-order valence-corrected chi connectivity index (χ0v) is 17.5. The Labute approximate surface area is 186 Å². The summed E-state index contributed by atoms with van der Waals surface area (Å²) >= 11 is 0. The van der Waals surface area contributed by atoms with Gasteiger partial charge in [-0.2, -0.15) is 0 Å². The van der Waals surface area contributed by atoms with Crippen LogP contribution >= 0.6 is 0 Å². The summed E-state index contributed by atoms with van der Waals surface area (Å²) < 4.78 is 0. The lowest BCUT2D eigenvalue weighted by Gasteiger charge is -2.36. The Morgan fingerprint density at radius 2 is 1.75 bits per heavy atom. The third-order valence-electron chi connectivity index (χ3n) is 7.58. The lowest BCUT2D eigenvalue weighted by atomic mass is 9.91. The van der Waals surface area contributed by atoms with Crippen molar-refractivity contribution in [1.82, 2.24) is 4.90 Å². The highest BCUT2D eigenvalue weighted by atomic mass is 16.3. The first-order chi connectivity index (χ1) is 15.6. The van der Waals surface area contributed by atoms with Gasteiger partial charge >= 0.3 is 0 Å². The molecule has 0 spiro atoms. The number of benzene rings is 2. The molecule has 164 valence electrons. The largest absolute Gasteiger partial charge is 0.396 e. The number of aliphatic hydroxyl groups excluding tert-OH is 3.